The molecule has 16 heavy (non-hydrogen) atoms. The molecular weight excluding hydrogens is 216 g/mol. The maximum atomic E-state index is 11.6. The minimum atomic E-state index is -1.57. The molecule has 0 aromatic rings. The highest BCUT2D eigenvalue weighted by atomic mass is 16.6. The van der Waals surface area contributed by atoms with Crippen molar-refractivity contribution in [1.82, 2.24) is 0 Å². The van der Waals surface area contributed by atoms with E-state index in [1.165, 1.54) is 6.92 Å². The van der Waals surface area contributed by atoms with Crippen molar-refractivity contribution in [1.29, 1.82) is 0 Å². The minimum Gasteiger partial charge on any atom is -0.463 e. The zero-order valence-electron chi connectivity index (χ0n) is 9.73. The molecule has 2 atom stereocenters. The number of hydrogen-bond donors (Lipinski definition) is 2. The SMILES string of the molecule is CCOC(=O)C(C)(CC(O)CO)OC(C)=O. The number of aliphatic hydroxyl groups excluding tert-OH is 2. The molecule has 0 saturated heterocycles. The van der Waals surface area contributed by atoms with Crippen molar-refractivity contribution in [3.05, 3.63) is 0 Å². The van der Waals surface area contributed by atoms with Crippen LogP contribution in [-0.4, -0.2) is 47.1 Å². The molecule has 6 heteroatoms. The molecule has 2 N–H and O–H groups in total. The summed E-state index contributed by atoms with van der Waals surface area (Å²) in [5.41, 5.74) is -1.57. The summed E-state index contributed by atoms with van der Waals surface area (Å²) in [6, 6.07) is 0. The van der Waals surface area contributed by atoms with Crippen LogP contribution >= 0.6 is 0 Å². The van der Waals surface area contributed by atoms with Gasteiger partial charge in [0.15, 0.2) is 0 Å². The lowest BCUT2D eigenvalue weighted by atomic mass is 9.98. The smallest absolute Gasteiger partial charge is 0.350 e. The fourth-order valence-electron chi connectivity index (χ4n) is 1.28. The van der Waals surface area contributed by atoms with Gasteiger partial charge in [-0.2, -0.15) is 0 Å². The van der Waals surface area contributed by atoms with Crippen LogP contribution in [0.4, 0.5) is 0 Å². The Hall–Kier alpha value is -1.14. The second-order valence-corrected chi connectivity index (χ2v) is 3.59. The van der Waals surface area contributed by atoms with Gasteiger partial charge in [-0.15, -0.1) is 0 Å². The quantitative estimate of drug-likeness (QED) is 0.608. The van der Waals surface area contributed by atoms with Crippen LogP contribution in [0.2, 0.25) is 0 Å². The van der Waals surface area contributed by atoms with Gasteiger partial charge >= 0.3 is 11.9 Å². The summed E-state index contributed by atoms with van der Waals surface area (Å²) in [7, 11) is 0. The maximum Gasteiger partial charge on any atom is 0.350 e. The first-order valence-corrected chi connectivity index (χ1v) is 5.01. The van der Waals surface area contributed by atoms with Crippen LogP contribution in [-0.2, 0) is 19.1 Å². The lowest BCUT2D eigenvalue weighted by Crippen LogP contribution is -2.44. The van der Waals surface area contributed by atoms with E-state index in [4.69, 9.17) is 14.6 Å². The zero-order valence-corrected chi connectivity index (χ0v) is 9.73. The highest BCUT2D eigenvalue weighted by Crippen LogP contribution is 2.20. The van der Waals surface area contributed by atoms with E-state index in [0.717, 1.165) is 6.92 Å². The Labute approximate surface area is 94.2 Å². The number of hydrogen-bond acceptors (Lipinski definition) is 6. The van der Waals surface area contributed by atoms with Gasteiger partial charge in [0.1, 0.15) is 0 Å². The van der Waals surface area contributed by atoms with Crippen LogP contribution < -0.4 is 0 Å². The van der Waals surface area contributed by atoms with Crippen molar-refractivity contribution < 1.29 is 29.3 Å². The van der Waals surface area contributed by atoms with Crippen molar-refractivity contribution in [2.75, 3.05) is 13.2 Å². The third-order valence-corrected chi connectivity index (χ3v) is 1.91. The van der Waals surface area contributed by atoms with Gasteiger partial charge in [0, 0.05) is 13.3 Å². The molecule has 0 saturated carbocycles. The van der Waals surface area contributed by atoms with Crippen molar-refractivity contribution in [2.45, 2.75) is 38.9 Å². The largest absolute Gasteiger partial charge is 0.463 e. The van der Waals surface area contributed by atoms with Gasteiger partial charge in [-0.05, 0) is 13.8 Å². The topological polar surface area (TPSA) is 93.1 Å². The van der Waals surface area contributed by atoms with Crippen molar-refractivity contribution in [2.24, 2.45) is 0 Å². The van der Waals surface area contributed by atoms with Gasteiger partial charge in [-0.3, -0.25) is 4.79 Å². The molecule has 2 unspecified atom stereocenters. The summed E-state index contributed by atoms with van der Waals surface area (Å²) >= 11 is 0. The average Bonchev–Trinajstić information content (AvgIpc) is 2.16. The monoisotopic (exact) mass is 234 g/mol. The number of rotatable bonds is 6. The molecule has 0 fully saturated rings. The summed E-state index contributed by atoms with van der Waals surface area (Å²) < 4.78 is 9.58. The van der Waals surface area contributed by atoms with Crippen LogP contribution in [0.25, 0.3) is 0 Å². The normalized spacial score (nSPS) is 16.1. The van der Waals surface area contributed by atoms with Crippen LogP contribution in [0.1, 0.15) is 27.2 Å². The van der Waals surface area contributed by atoms with E-state index in [1.54, 1.807) is 6.92 Å². The molecule has 0 aromatic carbocycles. The molecule has 0 rings (SSSR count). The lowest BCUT2D eigenvalue weighted by molar-refractivity contribution is -0.183. The van der Waals surface area contributed by atoms with Crippen LogP contribution in [0.5, 0.6) is 0 Å². The summed E-state index contributed by atoms with van der Waals surface area (Å²) in [5.74, 6) is -1.39. The van der Waals surface area contributed by atoms with E-state index in [9.17, 15) is 14.7 Å². The predicted octanol–water partition coefficient (Wildman–Crippen LogP) is -0.385. The average molecular weight is 234 g/mol. The molecule has 0 aliphatic carbocycles. The number of carbonyl (C=O) groups excluding carboxylic acids is 2. The Morgan fingerprint density at radius 2 is 2.00 bits per heavy atom. The summed E-state index contributed by atoms with van der Waals surface area (Å²) in [6.45, 7) is 3.74. The van der Waals surface area contributed by atoms with Gasteiger partial charge < -0.3 is 19.7 Å². The Bertz CT molecular complexity index is 252. The zero-order chi connectivity index (χ0) is 12.8. The third kappa shape index (κ3) is 4.59. The molecule has 0 aromatic heterocycles. The first-order chi connectivity index (χ1) is 7.35. The summed E-state index contributed by atoms with van der Waals surface area (Å²) in [6.07, 6.45) is -1.35. The Morgan fingerprint density at radius 1 is 1.44 bits per heavy atom. The number of aliphatic hydroxyl groups is 2. The van der Waals surface area contributed by atoms with Gasteiger partial charge in [-0.1, -0.05) is 0 Å². The van der Waals surface area contributed by atoms with E-state index in [2.05, 4.69) is 0 Å². The Kier molecular flexibility index (Phi) is 5.98. The van der Waals surface area contributed by atoms with Gasteiger partial charge in [0.2, 0.25) is 5.60 Å². The van der Waals surface area contributed by atoms with Crippen molar-refractivity contribution in [3.8, 4) is 0 Å². The highest BCUT2D eigenvalue weighted by molar-refractivity contribution is 5.82. The molecule has 0 bridgehead atoms. The molecule has 0 spiro atoms. The first-order valence-electron chi connectivity index (χ1n) is 5.01. The van der Waals surface area contributed by atoms with Gasteiger partial charge in [0.05, 0.1) is 19.3 Å². The van der Waals surface area contributed by atoms with E-state index in [-0.39, 0.29) is 13.0 Å². The minimum absolute atomic E-state index is 0.144. The van der Waals surface area contributed by atoms with Gasteiger partial charge in [0.25, 0.3) is 0 Å². The fourth-order valence-corrected chi connectivity index (χ4v) is 1.28. The molecule has 0 radical (unpaired) electrons. The Morgan fingerprint density at radius 3 is 2.38 bits per heavy atom. The second-order valence-electron chi connectivity index (χ2n) is 3.59. The van der Waals surface area contributed by atoms with E-state index >= 15 is 0 Å². The Balaban J connectivity index is 4.72. The second kappa shape index (κ2) is 6.44. The maximum absolute atomic E-state index is 11.6. The molecule has 0 aliphatic heterocycles. The van der Waals surface area contributed by atoms with E-state index in [0.29, 0.717) is 0 Å². The highest BCUT2D eigenvalue weighted by Gasteiger charge is 2.40. The summed E-state index contributed by atoms with van der Waals surface area (Å²) in [4.78, 5) is 22.4. The molecule has 6 nitrogen and oxygen atoms in total. The van der Waals surface area contributed by atoms with Gasteiger partial charge in [-0.25, -0.2) is 4.79 Å². The van der Waals surface area contributed by atoms with Crippen LogP contribution in [0.15, 0.2) is 0 Å². The van der Waals surface area contributed by atoms with E-state index < -0.39 is 30.3 Å². The van der Waals surface area contributed by atoms with Crippen molar-refractivity contribution in [3.63, 3.8) is 0 Å². The van der Waals surface area contributed by atoms with E-state index in [1.807, 2.05) is 0 Å². The van der Waals surface area contributed by atoms with Crippen molar-refractivity contribution >= 4 is 11.9 Å². The molecular formula is C10H18O6. The number of esters is 2. The summed E-state index contributed by atoms with van der Waals surface area (Å²) in [5, 5.41) is 18.0. The molecule has 0 aliphatic rings. The third-order valence-electron chi connectivity index (χ3n) is 1.91. The first kappa shape index (κ1) is 14.9. The van der Waals surface area contributed by atoms with Crippen LogP contribution in [0.3, 0.4) is 0 Å². The lowest BCUT2D eigenvalue weighted by Gasteiger charge is -2.28. The predicted molar refractivity (Wildman–Crippen MR) is 54.5 cm³/mol. The molecule has 94 valence electrons. The molecule has 0 amide bonds. The number of carbonyl (C=O) groups is 2. The fraction of sp³-hybridized carbons (Fsp3) is 0.800. The standard InChI is InChI=1S/C10H18O6/c1-4-15-9(14)10(3,16-7(2)12)5-8(13)6-11/h8,11,13H,4-6H2,1-3H3. The molecule has 0 heterocycles. The number of ether oxygens (including phenoxy) is 2. The van der Waals surface area contributed by atoms with Crippen LogP contribution in [0, 0.1) is 0 Å².